The second-order valence-corrected chi connectivity index (χ2v) is 7.36. The standard InChI is InChI=1S/C24H20ClNO5/c25-20-12-17(13-21-23(20)30-11-10-29-21)14-22(27)31-15-16-6-8-18(9-7-16)24(28)26-19-4-2-1-3-5-19/h1-9,12-13H,10-11,14-15H2,(H,26,28). The lowest BCUT2D eigenvalue weighted by molar-refractivity contribution is -0.144. The molecule has 0 bridgehead atoms. The summed E-state index contributed by atoms with van der Waals surface area (Å²) in [6.45, 7) is 0.995. The largest absolute Gasteiger partial charge is 0.486 e. The zero-order valence-corrected chi connectivity index (χ0v) is 17.4. The zero-order chi connectivity index (χ0) is 21.6. The summed E-state index contributed by atoms with van der Waals surface area (Å²) in [6.07, 6.45) is 0.0634. The molecule has 6 nitrogen and oxygen atoms in total. The lowest BCUT2D eigenvalue weighted by Crippen LogP contribution is -2.16. The van der Waals surface area contributed by atoms with Gasteiger partial charge in [0.15, 0.2) is 11.5 Å². The maximum Gasteiger partial charge on any atom is 0.310 e. The Kier molecular flexibility index (Phi) is 6.38. The number of ether oxygens (including phenoxy) is 3. The Morgan fingerprint density at radius 1 is 0.935 bits per heavy atom. The van der Waals surface area contributed by atoms with Crippen LogP contribution < -0.4 is 14.8 Å². The van der Waals surface area contributed by atoms with Crippen molar-refractivity contribution in [2.24, 2.45) is 0 Å². The molecule has 3 aromatic carbocycles. The highest BCUT2D eigenvalue weighted by Gasteiger charge is 2.18. The molecule has 3 aromatic rings. The Morgan fingerprint density at radius 2 is 1.68 bits per heavy atom. The topological polar surface area (TPSA) is 73.9 Å². The van der Waals surface area contributed by atoms with Crippen molar-refractivity contribution in [1.82, 2.24) is 0 Å². The number of carbonyl (C=O) groups is 2. The molecule has 0 aliphatic carbocycles. The monoisotopic (exact) mass is 437 g/mol. The second kappa shape index (κ2) is 9.53. The molecule has 4 rings (SSSR count). The Balaban J connectivity index is 1.30. The van der Waals surface area contributed by atoms with Crippen molar-refractivity contribution in [3.8, 4) is 11.5 Å². The third kappa shape index (κ3) is 5.35. The van der Waals surface area contributed by atoms with Gasteiger partial charge in [0.05, 0.1) is 11.4 Å². The average Bonchev–Trinajstić information content (AvgIpc) is 2.79. The van der Waals surface area contributed by atoms with Gasteiger partial charge < -0.3 is 19.5 Å². The van der Waals surface area contributed by atoms with Crippen LogP contribution in [-0.2, 0) is 22.6 Å². The molecule has 0 saturated heterocycles. The lowest BCUT2D eigenvalue weighted by atomic mass is 10.1. The molecule has 0 fully saturated rings. The molecule has 0 saturated carbocycles. The molecule has 0 radical (unpaired) electrons. The third-order valence-corrected chi connectivity index (χ3v) is 4.93. The summed E-state index contributed by atoms with van der Waals surface area (Å²) >= 11 is 6.21. The fraction of sp³-hybridized carbons (Fsp3) is 0.167. The van der Waals surface area contributed by atoms with Crippen LogP contribution in [-0.4, -0.2) is 25.1 Å². The van der Waals surface area contributed by atoms with Crippen LogP contribution >= 0.6 is 11.6 Å². The molecule has 7 heteroatoms. The summed E-state index contributed by atoms with van der Waals surface area (Å²) in [5, 5.41) is 3.23. The van der Waals surface area contributed by atoms with E-state index in [-0.39, 0.29) is 18.9 Å². The van der Waals surface area contributed by atoms with Crippen LogP contribution in [0, 0.1) is 0 Å². The van der Waals surface area contributed by atoms with Crippen LogP contribution in [0.3, 0.4) is 0 Å². The summed E-state index contributed by atoms with van der Waals surface area (Å²) in [5.41, 5.74) is 2.71. The number of para-hydroxylation sites is 1. The highest BCUT2D eigenvalue weighted by Crippen LogP contribution is 2.38. The predicted octanol–water partition coefficient (Wildman–Crippen LogP) is 4.65. The van der Waals surface area contributed by atoms with Gasteiger partial charge in [-0.15, -0.1) is 0 Å². The van der Waals surface area contributed by atoms with Gasteiger partial charge in [-0.3, -0.25) is 9.59 Å². The fourth-order valence-corrected chi connectivity index (χ4v) is 3.41. The number of carbonyl (C=O) groups excluding carboxylic acids is 2. The Hall–Kier alpha value is -3.51. The molecule has 158 valence electrons. The Labute approximate surface area is 184 Å². The summed E-state index contributed by atoms with van der Waals surface area (Å²) in [6, 6.07) is 19.6. The number of amides is 1. The third-order valence-electron chi connectivity index (χ3n) is 4.65. The Bertz CT molecular complexity index is 1080. The van der Waals surface area contributed by atoms with Gasteiger partial charge in [0.25, 0.3) is 5.91 Å². The van der Waals surface area contributed by atoms with E-state index in [1.54, 1.807) is 36.4 Å². The van der Waals surface area contributed by atoms with Crippen LogP contribution in [0.25, 0.3) is 0 Å². The van der Waals surface area contributed by atoms with Gasteiger partial charge in [-0.1, -0.05) is 41.9 Å². The van der Waals surface area contributed by atoms with Gasteiger partial charge in [0, 0.05) is 11.3 Å². The number of benzene rings is 3. The number of rotatable bonds is 6. The molecule has 31 heavy (non-hydrogen) atoms. The number of halogens is 1. The maximum absolute atomic E-state index is 12.3. The van der Waals surface area contributed by atoms with Crippen molar-refractivity contribution in [3.63, 3.8) is 0 Å². The smallest absolute Gasteiger partial charge is 0.310 e. The highest BCUT2D eigenvalue weighted by molar-refractivity contribution is 6.32. The van der Waals surface area contributed by atoms with Gasteiger partial charge in [-0.25, -0.2) is 0 Å². The molecule has 1 heterocycles. The van der Waals surface area contributed by atoms with E-state index in [0.29, 0.717) is 40.9 Å². The van der Waals surface area contributed by atoms with E-state index in [1.807, 2.05) is 30.3 Å². The number of hydrogen-bond acceptors (Lipinski definition) is 5. The van der Waals surface area contributed by atoms with E-state index in [2.05, 4.69) is 5.32 Å². The summed E-state index contributed by atoms with van der Waals surface area (Å²) in [7, 11) is 0. The molecule has 1 aliphatic rings. The average molecular weight is 438 g/mol. The minimum Gasteiger partial charge on any atom is -0.486 e. The number of nitrogens with one attached hydrogen (secondary N) is 1. The van der Waals surface area contributed by atoms with Crippen molar-refractivity contribution >= 4 is 29.2 Å². The number of esters is 1. The van der Waals surface area contributed by atoms with Crippen LogP contribution in [0.2, 0.25) is 5.02 Å². The van der Waals surface area contributed by atoms with Crippen LogP contribution in [0.5, 0.6) is 11.5 Å². The van der Waals surface area contributed by atoms with E-state index >= 15 is 0 Å². The van der Waals surface area contributed by atoms with E-state index in [1.165, 1.54) is 0 Å². The van der Waals surface area contributed by atoms with Gasteiger partial charge in [-0.05, 0) is 47.5 Å². The molecule has 1 amide bonds. The van der Waals surface area contributed by atoms with E-state index < -0.39 is 5.97 Å². The highest BCUT2D eigenvalue weighted by atomic mass is 35.5. The second-order valence-electron chi connectivity index (χ2n) is 6.96. The first-order chi connectivity index (χ1) is 15.1. The van der Waals surface area contributed by atoms with Crippen molar-refractivity contribution in [3.05, 3.63) is 88.4 Å². The SMILES string of the molecule is O=C(Cc1cc(Cl)c2c(c1)OCCO2)OCc1ccc(C(=O)Nc2ccccc2)cc1. The normalized spacial score (nSPS) is 12.2. The predicted molar refractivity (Wildman–Crippen MR) is 117 cm³/mol. The van der Waals surface area contributed by atoms with Gasteiger partial charge in [0.1, 0.15) is 19.8 Å². The van der Waals surface area contributed by atoms with E-state index in [0.717, 1.165) is 11.3 Å². The molecule has 0 unspecified atom stereocenters. The van der Waals surface area contributed by atoms with Crippen molar-refractivity contribution < 1.29 is 23.8 Å². The molecule has 0 atom stereocenters. The number of hydrogen-bond donors (Lipinski definition) is 1. The zero-order valence-electron chi connectivity index (χ0n) is 16.6. The van der Waals surface area contributed by atoms with Gasteiger partial charge in [0.2, 0.25) is 0 Å². The van der Waals surface area contributed by atoms with Crippen LogP contribution in [0.1, 0.15) is 21.5 Å². The fourth-order valence-electron chi connectivity index (χ4n) is 3.12. The summed E-state index contributed by atoms with van der Waals surface area (Å²) in [5.74, 6) is 0.441. The lowest BCUT2D eigenvalue weighted by Gasteiger charge is -2.20. The van der Waals surface area contributed by atoms with Crippen molar-refractivity contribution in [2.75, 3.05) is 18.5 Å². The van der Waals surface area contributed by atoms with Crippen LogP contribution in [0.4, 0.5) is 5.69 Å². The molecule has 1 N–H and O–H groups in total. The quantitative estimate of drug-likeness (QED) is 0.568. The summed E-state index contributed by atoms with van der Waals surface area (Å²) < 4.78 is 16.4. The van der Waals surface area contributed by atoms with E-state index in [9.17, 15) is 9.59 Å². The van der Waals surface area contributed by atoms with E-state index in [4.69, 9.17) is 25.8 Å². The number of anilines is 1. The first-order valence-electron chi connectivity index (χ1n) is 9.77. The first-order valence-corrected chi connectivity index (χ1v) is 10.2. The molecule has 0 aromatic heterocycles. The molecular weight excluding hydrogens is 418 g/mol. The van der Waals surface area contributed by atoms with Crippen molar-refractivity contribution in [2.45, 2.75) is 13.0 Å². The Morgan fingerprint density at radius 3 is 2.45 bits per heavy atom. The van der Waals surface area contributed by atoms with Gasteiger partial charge in [-0.2, -0.15) is 0 Å². The summed E-state index contributed by atoms with van der Waals surface area (Å²) in [4.78, 5) is 24.5. The minimum atomic E-state index is -0.390. The first kappa shape index (κ1) is 20.8. The molecule has 0 spiro atoms. The minimum absolute atomic E-state index is 0.0634. The molecular formula is C24H20ClNO5. The maximum atomic E-state index is 12.3. The van der Waals surface area contributed by atoms with Gasteiger partial charge >= 0.3 is 5.97 Å². The number of fused-ring (bicyclic) bond motifs is 1. The molecule has 1 aliphatic heterocycles. The van der Waals surface area contributed by atoms with Crippen molar-refractivity contribution in [1.29, 1.82) is 0 Å². The van der Waals surface area contributed by atoms with Crippen LogP contribution in [0.15, 0.2) is 66.7 Å².